The number of nitrogens with zero attached hydrogens (tertiary/aromatic N) is 1. The molecule has 1 aliphatic rings. The fraction of sp³-hybridized carbons (Fsp3) is 0.562. The second-order valence-electron chi connectivity index (χ2n) is 5.48. The summed E-state index contributed by atoms with van der Waals surface area (Å²) in [6.07, 6.45) is 1.66. The molecule has 21 heavy (non-hydrogen) atoms. The SMILES string of the molecule is COOCN1CCC(C(=O)C(C)c2ccc(F)cc2)CC1. The van der Waals surface area contributed by atoms with E-state index in [1.165, 1.54) is 19.2 Å². The van der Waals surface area contributed by atoms with Gasteiger partial charge >= 0.3 is 0 Å². The smallest absolute Gasteiger partial charge is 0.143 e. The van der Waals surface area contributed by atoms with Gasteiger partial charge in [0.2, 0.25) is 0 Å². The second kappa shape index (κ2) is 7.64. The van der Waals surface area contributed by atoms with E-state index < -0.39 is 0 Å². The number of hydrogen-bond acceptors (Lipinski definition) is 4. The van der Waals surface area contributed by atoms with E-state index in [1.807, 2.05) is 6.92 Å². The molecule has 0 amide bonds. The van der Waals surface area contributed by atoms with E-state index in [-0.39, 0.29) is 23.4 Å². The van der Waals surface area contributed by atoms with Crippen LogP contribution in [0.4, 0.5) is 4.39 Å². The number of carbonyl (C=O) groups is 1. The Morgan fingerprint density at radius 2 is 1.95 bits per heavy atom. The summed E-state index contributed by atoms with van der Waals surface area (Å²) in [5.41, 5.74) is 0.881. The Bertz CT molecular complexity index is 455. The summed E-state index contributed by atoms with van der Waals surface area (Å²) in [5.74, 6) is -0.139. The number of carbonyl (C=O) groups excluding carboxylic acids is 1. The molecule has 0 N–H and O–H groups in total. The maximum Gasteiger partial charge on any atom is 0.143 e. The van der Waals surface area contributed by atoms with Crippen LogP contribution in [-0.2, 0) is 14.6 Å². The van der Waals surface area contributed by atoms with Crippen molar-refractivity contribution in [2.45, 2.75) is 25.7 Å². The standard InChI is InChI=1S/C16H22FNO3/c1-12(13-3-5-15(17)6-4-13)16(19)14-7-9-18(10-8-14)11-21-20-2/h3-6,12,14H,7-11H2,1-2H3. The average Bonchev–Trinajstić information content (AvgIpc) is 2.53. The Morgan fingerprint density at radius 1 is 1.33 bits per heavy atom. The van der Waals surface area contributed by atoms with Crippen LogP contribution in [0.15, 0.2) is 24.3 Å². The first kappa shape index (κ1) is 16.1. The molecule has 5 heteroatoms. The van der Waals surface area contributed by atoms with Crippen molar-refractivity contribution in [1.29, 1.82) is 0 Å². The lowest BCUT2D eigenvalue weighted by atomic mass is 9.83. The number of likely N-dealkylation sites (tertiary alicyclic amines) is 1. The summed E-state index contributed by atoms with van der Waals surface area (Å²) in [6.45, 7) is 3.99. The lowest BCUT2D eigenvalue weighted by molar-refractivity contribution is -0.296. The van der Waals surface area contributed by atoms with E-state index in [9.17, 15) is 9.18 Å². The molecule has 0 bridgehead atoms. The van der Waals surface area contributed by atoms with E-state index in [1.54, 1.807) is 12.1 Å². The molecule has 0 aromatic heterocycles. The van der Waals surface area contributed by atoms with Crippen molar-refractivity contribution in [3.05, 3.63) is 35.6 Å². The summed E-state index contributed by atoms with van der Waals surface area (Å²) >= 11 is 0. The van der Waals surface area contributed by atoms with Gasteiger partial charge in [-0.25, -0.2) is 14.2 Å². The maximum atomic E-state index is 12.9. The molecule has 0 spiro atoms. The number of piperidine rings is 1. The Kier molecular flexibility index (Phi) is 5.85. The molecule has 1 unspecified atom stereocenters. The maximum absolute atomic E-state index is 12.9. The molecular weight excluding hydrogens is 273 g/mol. The number of ketones is 1. The number of Topliss-reactive ketones (excluding diaryl/α,β-unsaturated/α-hetero) is 1. The summed E-state index contributed by atoms with van der Waals surface area (Å²) in [7, 11) is 1.49. The molecule has 2 rings (SSSR count). The van der Waals surface area contributed by atoms with Gasteiger partial charge in [-0.3, -0.25) is 9.69 Å². The molecule has 1 aromatic carbocycles. The summed E-state index contributed by atoms with van der Waals surface area (Å²) in [5, 5.41) is 0. The van der Waals surface area contributed by atoms with Crippen LogP contribution in [0.3, 0.4) is 0 Å². The Morgan fingerprint density at radius 3 is 2.52 bits per heavy atom. The number of halogens is 1. The number of hydrogen-bond donors (Lipinski definition) is 0. The van der Waals surface area contributed by atoms with Gasteiger partial charge in [-0.15, -0.1) is 0 Å². The van der Waals surface area contributed by atoms with Crippen molar-refractivity contribution in [2.75, 3.05) is 26.9 Å². The van der Waals surface area contributed by atoms with Crippen molar-refractivity contribution in [2.24, 2.45) is 5.92 Å². The fourth-order valence-corrected chi connectivity index (χ4v) is 2.74. The van der Waals surface area contributed by atoms with E-state index in [0.29, 0.717) is 6.73 Å². The fourth-order valence-electron chi connectivity index (χ4n) is 2.74. The van der Waals surface area contributed by atoms with Gasteiger partial charge in [0.05, 0.1) is 7.11 Å². The van der Waals surface area contributed by atoms with Crippen LogP contribution in [-0.4, -0.2) is 37.6 Å². The normalized spacial score (nSPS) is 18.6. The average molecular weight is 295 g/mol. The molecule has 1 saturated heterocycles. The molecule has 1 heterocycles. The summed E-state index contributed by atoms with van der Waals surface area (Å²) in [6, 6.07) is 6.20. The van der Waals surface area contributed by atoms with Crippen molar-refractivity contribution < 1.29 is 19.0 Å². The molecule has 4 nitrogen and oxygen atoms in total. The van der Waals surface area contributed by atoms with Gasteiger partial charge in [0.15, 0.2) is 0 Å². The van der Waals surface area contributed by atoms with Crippen molar-refractivity contribution >= 4 is 5.78 Å². The zero-order chi connectivity index (χ0) is 15.2. The van der Waals surface area contributed by atoms with Crippen LogP contribution < -0.4 is 0 Å². The van der Waals surface area contributed by atoms with Gasteiger partial charge in [-0.2, -0.15) is 0 Å². The van der Waals surface area contributed by atoms with Crippen molar-refractivity contribution in [3.63, 3.8) is 0 Å². The lowest BCUT2D eigenvalue weighted by Gasteiger charge is -2.31. The molecule has 0 aliphatic carbocycles. The topological polar surface area (TPSA) is 38.8 Å². The molecule has 1 aromatic rings. The quantitative estimate of drug-likeness (QED) is 0.597. The van der Waals surface area contributed by atoms with E-state index in [0.717, 1.165) is 31.5 Å². The highest BCUT2D eigenvalue weighted by Gasteiger charge is 2.28. The molecule has 1 atom stereocenters. The molecule has 1 fully saturated rings. The van der Waals surface area contributed by atoms with E-state index in [2.05, 4.69) is 9.79 Å². The summed E-state index contributed by atoms with van der Waals surface area (Å²) < 4.78 is 12.9. The zero-order valence-corrected chi connectivity index (χ0v) is 12.5. The van der Waals surface area contributed by atoms with Crippen LogP contribution in [0.1, 0.15) is 31.2 Å². The highest BCUT2D eigenvalue weighted by atomic mass is 19.1. The van der Waals surface area contributed by atoms with Gasteiger partial charge in [0, 0.05) is 24.9 Å². The van der Waals surface area contributed by atoms with E-state index in [4.69, 9.17) is 4.89 Å². The lowest BCUT2D eigenvalue weighted by Crippen LogP contribution is -2.38. The molecule has 0 radical (unpaired) electrons. The van der Waals surface area contributed by atoms with Crippen LogP contribution in [0.25, 0.3) is 0 Å². The largest absolute Gasteiger partial charge is 0.299 e. The molecule has 116 valence electrons. The van der Waals surface area contributed by atoms with Gasteiger partial charge in [0.25, 0.3) is 0 Å². The van der Waals surface area contributed by atoms with Crippen LogP contribution in [0.2, 0.25) is 0 Å². The van der Waals surface area contributed by atoms with Crippen molar-refractivity contribution in [1.82, 2.24) is 4.90 Å². The van der Waals surface area contributed by atoms with Gasteiger partial charge in [0.1, 0.15) is 18.3 Å². The van der Waals surface area contributed by atoms with Gasteiger partial charge < -0.3 is 0 Å². The first-order valence-corrected chi connectivity index (χ1v) is 7.29. The predicted molar refractivity (Wildman–Crippen MR) is 77.1 cm³/mol. The first-order chi connectivity index (χ1) is 10.1. The third-order valence-electron chi connectivity index (χ3n) is 4.14. The van der Waals surface area contributed by atoms with Gasteiger partial charge in [-0.05, 0) is 30.5 Å². The molecular formula is C16H22FNO3. The van der Waals surface area contributed by atoms with Crippen LogP contribution >= 0.6 is 0 Å². The summed E-state index contributed by atoms with van der Waals surface area (Å²) in [4.78, 5) is 24.1. The monoisotopic (exact) mass is 295 g/mol. The molecule has 0 saturated carbocycles. The Hall–Kier alpha value is -1.30. The second-order valence-corrected chi connectivity index (χ2v) is 5.48. The third-order valence-corrected chi connectivity index (χ3v) is 4.14. The first-order valence-electron chi connectivity index (χ1n) is 7.29. The highest BCUT2D eigenvalue weighted by molar-refractivity contribution is 5.87. The Balaban J connectivity index is 1.88. The zero-order valence-electron chi connectivity index (χ0n) is 12.5. The van der Waals surface area contributed by atoms with E-state index >= 15 is 0 Å². The molecule has 1 aliphatic heterocycles. The minimum atomic E-state index is -0.273. The van der Waals surface area contributed by atoms with Gasteiger partial charge in [-0.1, -0.05) is 19.1 Å². The third kappa shape index (κ3) is 4.33. The highest BCUT2D eigenvalue weighted by Crippen LogP contribution is 2.26. The van der Waals surface area contributed by atoms with Crippen molar-refractivity contribution in [3.8, 4) is 0 Å². The minimum Gasteiger partial charge on any atom is -0.299 e. The van der Waals surface area contributed by atoms with Crippen LogP contribution in [0.5, 0.6) is 0 Å². The van der Waals surface area contributed by atoms with Crippen LogP contribution in [0, 0.1) is 11.7 Å². The minimum absolute atomic E-state index is 0.0730. The Labute approximate surface area is 124 Å². The predicted octanol–water partition coefficient (Wildman–Crippen LogP) is 2.75. The number of rotatable bonds is 6. The number of benzene rings is 1.